The van der Waals surface area contributed by atoms with Crippen LogP contribution in [-0.2, 0) is 4.79 Å². The molecule has 1 aliphatic heterocycles. The second kappa shape index (κ2) is 6.35. The fourth-order valence-electron chi connectivity index (χ4n) is 2.69. The Kier molecular flexibility index (Phi) is 4.22. The Labute approximate surface area is 143 Å². The molecule has 0 aliphatic carbocycles. The summed E-state index contributed by atoms with van der Waals surface area (Å²) in [5.74, 6) is 0.140. The predicted octanol–water partition coefficient (Wildman–Crippen LogP) is 4.00. The first-order valence-electron chi connectivity index (χ1n) is 7.67. The van der Waals surface area contributed by atoms with E-state index in [2.05, 4.69) is 0 Å². The maximum absolute atomic E-state index is 11.6. The Hall–Kier alpha value is -3.22. The average molecular weight is 341 g/mol. The van der Waals surface area contributed by atoms with Gasteiger partial charge < -0.3 is 9.47 Å². The maximum atomic E-state index is 11.6. The van der Waals surface area contributed by atoms with E-state index >= 15 is 0 Å². The van der Waals surface area contributed by atoms with Crippen molar-refractivity contribution in [3.05, 3.63) is 57.6 Å². The lowest BCUT2D eigenvalue weighted by Crippen LogP contribution is -2.18. The molecule has 25 heavy (non-hydrogen) atoms. The molecule has 128 valence electrons. The lowest BCUT2D eigenvalue weighted by Gasteiger charge is -2.21. The topological polar surface area (TPSA) is 95.7 Å². The number of nitrogens with zero attached hydrogens (tertiary/aromatic N) is 1. The molecule has 7 heteroatoms. The zero-order valence-corrected chi connectivity index (χ0v) is 13.6. The van der Waals surface area contributed by atoms with Gasteiger partial charge in [0.2, 0.25) is 5.75 Å². The van der Waals surface area contributed by atoms with E-state index in [1.165, 1.54) is 31.2 Å². The van der Waals surface area contributed by atoms with Crippen molar-refractivity contribution >= 4 is 17.4 Å². The number of ketones is 1. The highest BCUT2D eigenvalue weighted by Gasteiger charge is 2.25. The first-order chi connectivity index (χ1) is 11.8. The van der Waals surface area contributed by atoms with Gasteiger partial charge in [0.1, 0.15) is 11.5 Å². The molecule has 0 spiro atoms. The normalized spacial score (nSPS) is 15.9. The van der Waals surface area contributed by atoms with Gasteiger partial charge in [-0.15, -0.1) is 0 Å². The molecular weight excluding hydrogens is 326 g/mol. The highest BCUT2D eigenvalue weighted by Crippen LogP contribution is 2.39. The Bertz CT molecular complexity index is 889. The Morgan fingerprint density at radius 2 is 2.04 bits per heavy atom. The van der Waals surface area contributed by atoms with E-state index in [4.69, 9.17) is 9.47 Å². The SMILES string of the molecule is CC(=O)c1ccc(Oc2ccc3c(c2)OC(=O)CC3C)c([N+](=O)[O-])c1. The Morgan fingerprint density at radius 3 is 2.72 bits per heavy atom. The number of hydrogen-bond acceptors (Lipinski definition) is 6. The zero-order chi connectivity index (χ0) is 18.1. The number of Topliss-reactive ketones (excluding diaryl/α,β-unsaturated/α-hetero) is 1. The molecule has 2 aromatic carbocycles. The fraction of sp³-hybridized carbons (Fsp3) is 0.222. The van der Waals surface area contributed by atoms with E-state index in [1.807, 2.05) is 6.92 Å². The zero-order valence-electron chi connectivity index (χ0n) is 13.6. The number of carbonyl (C=O) groups excluding carboxylic acids is 2. The molecule has 1 heterocycles. The van der Waals surface area contributed by atoms with E-state index in [0.717, 1.165) is 5.56 Å². The summed E-state index contributed by atoms with van der Waals surface area (Å²) in [5.41, 5.74) is 0.802. The molecule has 0 saturated heterocycles. The second-order valence-corrected chi connectivity index (χ2v) is 5.88. The molecule has 1 unspecified atom stereocenters. The van der Waals surface area contributed by atoms with Crippen molar-refractivity contribution in [1.29, 1.82) is 0 Å². The monoisotopic (exact) mass is 341 g/mol. The quantitative estimate of drug-likeness (QED) is 0.274. The molecule has 1 atom stereocenters. The van der Waals surface area contributed by atoms with Crippen molar-refractivity contribution in [2.75, 3.05) is 0 Å². The van der Waals surface area contributed by atoms with E-state index in [1.54, 1.807) is 12.1 Å². The molecule has 7 nitrogen and oxygen atoms in total. The number of fused-ring (bicyclic) bond motifs is 1. The molecule has 0 radical (unpaired) electrons. The maximum Gasteiger partial charge on any atom is 0.312 e. The number of rotatable bonds is 4. The van der Waals surface area contributed by atoms with Crippen LogP contribution in [0.5, 0.6) is 17.2 Å². The van der Waals surface area contributed by atoms with Gasteiger partial charge in [0.05, 0.1) is 11.3 Å². The highest BCUT2D eigenvalue weighted by molar-refractivity contribution is 5.95. The minimum atomic E-state index is -0.609. The third-order valence-electron chi connectivity index (χ3n) is 4.00. The minimum Gasteiger partial charge on any atom is -0.450 e. The van der Waals surface area contributed by atoms with Crippen molar-refractivity contribution in [2.24, 2.45) is 0 Å². The fourth-order valence-corrected chi connectivity index (χ4v) is 2.69. The molecule has 0 aromatic heterocycles. The van der Waals surface area contributed by atoms with E-state index in [-0.39, 0.29) is 34.7 Å². The van der Waals surface area contributed by atoms with Crippen LogP contribution in [0.15, 0.2) is 36.4 Å². The summed E-state index contributed by atoms with van der Waals surface area (Å²) in [7, 11) is 0. The number of nitro groups is 1. The third-order valence-corrected chi connectivity index (χ3v) is 4.00. The summed E-state index contributed by atoms with van der Waals surface area (Å²) in [4.78, 5) is 33.6. The molecule has 3 rings (SSSR count). The van der Waals surface area contributed by atoms with Crippen LogP contribution < -0.4 is 9.47 Å². The van der Waals surface area contributed by atoms with Crippen molar-refractivity contribution < 1.29 is 24.0 Å². The number of carbonyl (C=O) groups is 2. The molecule has 0 saturated carbocycles. The lowest BCUT2D eigenvalue weighted by atomic mass is 9.95. The van der Waals surface area contributed by atoms with Gasteiger partial charge in [-0.1, -0.05) is 13.0 Å². The van der Waals surface area contributed by atoms with Gasteiger partial charge in [0, 0.05) is 17.7 Å². The number of esters is 1. The number of nitro benzene ring substituents is 1. The van der Waals surface area contributed by atoms with Crippen LogP contribution in [0.25, 0.3) is 0 Å². The van der Waals surface area contributed by atoms with Crippen LogP contribution in [0.1, 0.15) is 42.1 Å². The largest absolute Gasteiger partial charge is 0.450 e. The molecule has 2 aromatic rings. The minimum absolute atomic E-state index is 0.00475. The predicted molar refractivity (Wildman–Crippen MR) is 88.3 cm³/mol. The van der Waals surface area contributed by atoms with E-state index < -0.39 is 4.92 Å². The smallest absolute Gasteiger partial charge is 0.312 e. The highest BCUT2D eigenvalue weighted by atomic mass is 16.6. The summed E-state index contributed by atoms with van der Waals surface area (Å²) < 4.78 is 10.8. The first kappa shape index (κ1) is 16.6. The summed E-state index contributed by atoms with van der Waals surface area (Å²) in [5, 5.41) is 11.3. The standard InChI is InChI=1S/C18H15NO6/c1-10-7-18(21)25-17-9-13(4-5-14(10)17)24-16-6-3-12(11(2)20)8-15(16)19(22)23/h3-6,8-10H,7H2,1-2H3. The van der Waals surface area contributed by atoms with Crippen molar-refractivity contribution in [3.63, 3.8) is 0 Å². The van der Waals surface area contributed by atoms with Gasteiger partial charge >= 0.3 is 11.7 Å². The Balaban J connectivity index is 1.95. The van der Waals surface area contributed by atoms with Crippen LogP contribution in [-0.4, -0.2) is 16.7 Å². The lowest BCUT2D eigenvalue weighted by molar-refractivity contribution is -0.385. The summed E-state index contributed by atoms with van der Waals surface area (Å²) in [6, 6.07) is 8.99. The molecule has 1 aliphatic rings. The number of ether oxygens (including phenoxy) is 2. The van der Waals surface area contributed by atoms with Gasteiger partial charge in [-0.2, -0.15) is 0 Å². The van der Waals surface area contributed by atoms with Gasteiger partial charge in [0.25, 0.3) is 0 Å². The van der Waals surface area contributed by atoms with Crippen molar-refractivity contribution in [3.8, 4) is 17.2 Å². The van der Waals surface area contributed by atoms with E-state index in [0.29, 0.717) is 17.9 Å². The number of benzene rings is 2. The van der Waals surface area contributed by atoms with Gasteiger partial charge in [-0.25, -0.2) is 0 Å². The number of hydrogen-bond donors (Lipinski definition) is 0. The van der Waals surface area contributed by atoms with E-state index in [9.17, 15) is 19.7 Å². The van der Waals surface area contributed by atoms with Crippen LogP contribution in [0.3, 0.4) is 0 Å². The van der Waals surface area contributed by atoms with Gasteiger partial charge in [-0.05, 0) is 36.6 Å². The average Bonchev–Trinajstić information content (AvgIpc) is 2.54. The molecule has 0 fully saturated rings. The first-order valence-corrected chi connectivity index (χ1v) is 7.67. The molecule has 0 N–H and O–H groups in total. The van der Waals surface area contributed by atoms with Crippen molar-refractivity contribution in [1.82, 2.24) is 0 Å². The summed E-state index contributed by atoms with van der Waals surface area (Å²) in [6.45, 7) is 3.25. The summed E-state index contributed by atoms with van der Waals surface area (Å²) in [6.07, 6.45) is 0.311. The Morgan fingerprint density at radius 1 is 1.28 bits per heavy atom. The molecular formula is C18H15NO6. The summed E-state index contributed by atoms with van der Waals surface area (Å²) >= 11 is 0. The van der Waals surface area contributed by atoms with Crippen LogP contribution in [0, 0.1) is 10.1 Å². The third kappa shape index (κ3) is 3.35. The molecule has 0 amide bonds. The van der Waals surface area contributed by atoms with Gasteiger partial charge in [-0.3, -0.25) is 19.7 Å². The van der Waals surface area contributed by atoms with Crippen LogP contribution in [0.2, 0.25) is 0 Å². The second-order valence-electron chi connectivity index (χ2n) is 5.88. The van der Waals surface area contributed by atoms with Crippen LogP contribution in [0.4, 0.5) is 5.69 Å². The van der Waals surface area contributed by atoms with Crippen molar-refractivity contribution in [2.45, 2.75) is 26.2 Å². The van der Waals surface area contributed by atoms with Crippen LogP contribution >= 0.6 is 0 Å². The van der Waals surface area contributed by atoms with Gasteiger partial charge in [0.15, 0.2) is 5.78 Å². The molecule has 0 bridgehead atoms.